The van der Waals surface area contributed by atoms with Crippen molar-refractivity contribution >= 4 is 11.8 Å². The molecule has 0 N–H and O–H groups in total. The highest BCUT2D eigenvalue weighted by Gasteiger charge is 2.04. The standard InChI is InChI=1S/C17H17N3S/c1-2-4-15(5-3-1)14-21-13-12-20-17(8-11-19-20)16-6-9-18-10-7-16/h1-11H,12-14H2. The monoisotopic (exact) mass is 295 g/mol. The molecule has 0 bridgehead atoms. The van der Waals surface area contributed by atoms with E-state index in [9.17, 15) is 0 Å². The van der Waals surface area contributed by atoms with Gasteiger partial charge in [0.25, 0.3) is 0 Å². The van der Waals surface area contributed by atoms with Crippen LogP contribution < -0.4 is 0 Å². The van der Waals surface area contributed by atoms with Gasteiger partial charge in [-0.05, 0) is 23.8 Å². The fourth-order valence-electron chi connectivity index (χ4n) is 2.19. The Morgan fingerprint density at radius 1 is 0.905 bits per heavy atom. The Balaban J connectivity index is 1.56. The van der Waals surface area contributed by atoms with Gasteiger partial charge in [-0.1, -0.05) is 30.3 Å². The molecule has 0 aliphatic carbocycles. The Hall–Kier alpha value is -2.07. The molecular formula is C17H17N3S. The second-order valence-electron chi connectivity index (χ2n) is 4.71. The fraction of sp³-hybridized carbons (Fsp3) is 0.176. The lowest BCUT2D eigenvalue weighted by Crippen LogP contribution is -2.04. The summed E-state index contributed by atoms with van der Waals surface area (Å²) in [6.45, 7) is 0.919. The van der Waals surface area contributed by atoms with Crippen molar-refractivity contribution in [3.63, 3.8) is 0 Å². The molecule has 0 amide bonds. The van der Waals surface area contributed by atoms with E-state index in [-0.39, 0.29) is 0 Å². The van der Waals surface area contributed by atoms with Crippen LogP contribution in [-0.2, 0) is 12.3 Å². The lowest BCUT2D eigenvalue weighted by molar-refractivity contribution is 0.673. The average molecular weight is 295 g/mol. The van der Waals surface area contributed by atoms with Crippen LogP contribution in [0.25, 0.3) is 11.3 Å². The van der Waals surface area contributed by atoms with Gasteiger partial charge in [-0.2, -0.15) is 16.9 Å². The van der Waals surface area contributed by atoms with Crippen molar-refractivity contribution in [3.8, 4) is 11.3 Å². The number of hydrogen-bond donors (Lipinski definition) is 0. The van der Waals surface area contributed by atoms with Crippen LogP contribution in [-0.4, -0.2) is 20.5 Å². The molecule has 0 unspecified atom stereocenters. The van der Waals surface area contributed by atoms with Crippen LogP contribution in [0.5, 0.6) is 0 Å². The molecule has 4 heteroatoms. The summed E-state index contributed by atoms with van der Waals surface area (Å²) < 4.78 is 2.06. The third-order valence-corrected chi connectivity index (χ3v) is 4.26. The normalized spacial score (nSPS) is 10.7. The number of aromatic nitrogens is 3. The SMILES string of the molecule is c1ccc(CSCCn2nccc2-c2ccncc2)cc1. The minimum atomic E-state index is 0.919. The van der Waals surface area contributed by atoms with Gasteiger partial charge in [-0.25, -0.2) is 0 Å². The lowest BCUT2D eigenvalue weighted by Gasteiger charge is -2.07. The maximum Gasteiger partial charge on any atom is 0.0683 e. The highest BCUT2D eigenvalue weighted by Crippen LogP contribution is 2.19. The first-order valence-electron chi connectivity index (χ1n) is 6.97. The molecule has 0 spiro atoms. The van der Waals surface area contributed by atoms with Gasteiger partial charge in [-0.15, -0.1) is 0 Å². The predicted octanol–water partition coefficient (Wildman–Crippen LogP) is 3.88. The Bertz CT molecular complexity index is 665. The quantitative estimate of drug-likeness (QED) is 0.647. The van der Waals surface area contributed by atoms with E-state index in [0.29, 0.717) is 0 Å². The van der Waals surface area contributed by atoms with Crippen LogP contribution >= 0.6 is 11.8 Å². The molecule has 106 valence electrons. The zero-order chi connectivity index (χ0) is 14.3. The van der Waals surface area contributed by atoms with Crippen molar-refractivity contribution in [2.24, 2.45) is 0 Å². The highest BCUT2D eigenvalue weighted by molar-refractivity contribution is 7.98. The minimum absolute atomic E-state index is 0.919. The molecule has 0 saturated carbocycles. The van der Waals surface area contributed by atoms with Gasteiger partial charge in [0.2, 0.25) is 0 Å². The van der Waals surface area contributed by atoms with Crippen molar-refractivity contribution < 1.29 is 0 Å². The number of pyridine rings is 1. The van der Waals surface area contributed by atoms with Crippen molar-refractivity contribution in [1.29, 1.82) is 0 Å². The largest absolute Gasteiger partial charge is 0.265 e. The summed E-state index contributed by atoms with van der Waals surface area (Å²) in [5.41, 5.74) is 3.69. The highest BCUT2D eigenvalue weighted by atomic mass is 32.2. The predicted molar refractivity (Wildman–Crippen MR) is 88.1 cm³/mol. The molecule has 0 fully saturated rings. The number of thioether (sulfide) groups is 1. The van der Waals surface area contributed by atoms with Gasteiger partial charge < -0.3 is 0 Å². The van der Waals surface area contributed by atoms with Crippen LogP contribution in [0.3, 0.4) is 0 Å². The minimum Gasteiger partial charge on any atom is -0.265 e. The van der Waals surface area contributed by atoms with E-state index in [2.05, 4.69) is 51.2 Å². The van der Waals surface area contributed by atoms with Gasteiger partial charge in [0.1, 0.15) is 0 Å². The van der Waals surface area contributed by atoms with E-state index in [0.717, 1.165) is 29.3 Å². The van der Waals surface area contributed by atoms with Gasteiger partial charge >= 0.3 is 0 Å². The first-order valence-corrected chi connectivity index (χ1v) is 8.13. The number of aryl methyl sites for hydroxylation is 1. The summed E-state index contributed by atoms with van der Waals surface area (Å²) in [7, 11) is 0. The van der Waals surface area contributed by atoms with Crippen LogP contribution in [0.4, 0.5) is 0 Å². The van der Waals surface area contributed by atoms with Crippen molar-refractivity contribution in [3.05, 3.63) is 72.7 Å². The maximum atomic E-state index is 4.42. The van der Waals surface area contributed by atoms with Crippen LogP contribution in [0, 0.1) is 0 Å². The fourth-order valence-corrected chi connectivity index (χ4v) is 3.07. The smallest absolute Gasteiger partial charge is 0.0683 e. The number of benzene rings is 1. The van der Waals surface area contributed by atoms with Gasteiger partial charge in [0, 0.05) is 35.7 Å². The lowest BCUT2D eigenvalue weighted by atomic mass is 10.2. The van der Waals surface area contributed by atoms with E-state index in [4.69, 9.17) is 0 Å². The molecule has 21 heavy (non-hydrogen) atoms. The number of nitrogens with zero attached hydrogens (tertiary/aromatic N) is 3. The Kier molecular flexibility index (Phi) is 4.69. The summed E-state index contributed by atoms with van der Waals surface area (Å²) in [6, 6.07) is 16.7. The average Bonchev–Trinajstić information content (AvgIpc) is 3.02. The third-order valence-electron chi connectivity index (χ3n) is 3.25. The third kappa shape index (κ3) is 3.73. The molecule has 0 atom stereocenters. The molecule has 1 aromatic carbocycles. The molecule has 0 aliphatic rings. The van der Waals surface area contributed by atoms with E-state index < -0.39 is 0 Å². The van der Waals surface area contributed by atoms with Gasteiger partial charge in [-0.3, -0.25) is 9.67 Å². The zero-order valence-electron chi connectivity index (χ0n) is 11.7. The Morgan fingerprint density at radius 2 is 1.71 bits per heavy atom. The maximum absolute atomic E-state index is 4.42. The first-order chi connectivity index (χ1) is 10.4. The van der Waals surface area contributed by atoms with Crippen LogP contribution in [0.2, 0.25) is 0 Å². The topological polar surface area (TPSA) is 30.7 Å². The molecule has 3 rings (SSSR count). The van der Waals surface area contributed by atoms with Gasteiger partial charge in [0.05, 0.1) is 12.2 Å². The van der Waals surface area contributed by atoms with E-state index >= 15 is 0 Å². The number of hydrogen-bond acceptors (Lipinski definition) is 3. The molecule has 0 saturated heterocycles. The van der Waals surface area contributed by atoms with Gasteiger partial charge in [0.15, 0.2) is 0 Å². The van der Waals surface area contributed by atoms with E-state index in [1.54, 1.807) is 0 Å². The summed E-state index contributed by atoms with van der Waals surface area (Å²) in [6.07, 6.45) is 5.49. The Labute approximate surface area is 129 Å². The molecule has 0 radical (unpaired) electrons. The van der Waals surface area contributed by atoms with Crippen molar-refractivity contribution in [2.75, 3.05) is 5.75 Å². The molecule has 2 heterocycles. The Morgan fingerprint density at radius 3 is 2.52 bits per heavy atom. The van der Waals surface area contributed by atoms with E-state index in [1.165, 1.54) is 5.56 Å². The van der Waals surface area contributed by atoms with Crippen LogP contribution in [0.1, 0.15) is 5.56 Å². The second kappa shape index (κ2) is 7.09. The first kappa shape index (κ1) is 13.9. The summed E-state index contributed by atoms with van der Waals surface area (Å²) in [4.78, 5) is 4.06. The van der Waals surface area contributed by atoms with Crippen molar-refractivity contribution in [1.82, 2.24) is 14.8 Å². The molecule has 3 nitrogen and oxygen atoms in total. The molecule has 2 aromatic heterocycles. The van der Waals surface area contributed by atoms with E-state index in [1.807, 2.05) is 42.5 Å². The summed E-state index contributed by atoms with van der Waals surface area (Å²) in [5.74, 6) is 2.10. The second-order valence-corrected chi connectivity index (χ2v) is 5.82. The molecule has 3 aromatic rings. The summed E-state index contributed by atoms with van der Waals surface area (Å²) >= 11 is 1.94. The molecular weight excluding hydrogens is 278 g/mol. The number of rotatable bonds is 6. The molecule has 0 aliphatic heterocycles. The zero-order valence-corrected chi connectivity index (χ0v) is 12.5. The van der Waals surface area contributed by atoms with Crippen molar-refractivity contribution in [2.45, 2.75) is 12.3 Å². The van der Waals surface area contributed by atoms with Crippen LogP contribution in [0.15, 0.2) is 67.1 Å². The summed E-state index contributed by atoms with van der Waals surface area (Å²) in [5, 5.41) is 4.42.